The van der Waals surface area contributed by atoms with Crippen molar-refractivity contribution in [3.8, 4) is 0 Å². The van der Waals surface area contributed by atoms with E-state index in [1.54, 1.807) is 12.4 Å². The highest BCUT2D eigenvalue weighted by Crippen LogP contribution is 2.28. The van der Waals surface area contributed by atoms with E-state index in [9.17, 15) is 9.59 Å². The van der Waals surface area contributed by atoms with Gasteiger partial charge in [-0.3, -0.25) is 9.59 Å². The second-order valence-corrected chi connectivity index (χ2v) is 8.86. The Hall–Kier alpha value is -5.36. The van der Waals surface area contributed by atoms with Gasteiger partial charge in [0.15, 0.2) is 0 Å². The Balaban J connectivity index is 1.21. The third-order valence-electron chi connectivity index (χ3n) is 6.55. The van der Waals surface area contributed by atoms with E-state index >= 15 is 0 Å². The molecule has 38 heavy (non-hydrogen) atoms. The average Bonchev–Trinajstić information content (AvgIpc) is 2.96. The van der Waals surface area contributed by atoms with E-state index in [0.29, 0.717) is 0 Å². The Morgan fingerprint density at radius 1 is 0.474 bits per heavy atom. The van der Waals surface area contributed by atoms with Crippen molar-refractivity contribution in [2.75, 3.05) is 0 Å². The van der Waals surface area contributed by atoms with Gasteiger partial charge in [-0.25, -0.2) is 10.9 Å². The summed E-state index contributed by atoms with van der Waals surface area (Å²) < 4.78 is 0. The van der Waals surface area contributed by atoms with E-state index in [1.807, 2.05) is 97.1 Å². The lowest BCUT2D eigenvalue weighted by Crippen LogP contribution is -2.35. The molecule has 0 aliphatic heterocycles. The maximum Gasteiger partial charge on any atom is 0.331 e. The molecule has 0 aliphatic rings. The highest BCUT2D eigenvalue weighted by Gasteiger charge is 2.12. The summed E-state index contributed by atoms with van der Waals surface area (Å²) in [7, 11) is 0. The summed E-state index contributed by atoms with van der Waals surface area (Å²) in [5.74, 6) is -1.82. The van der Waals surface area contributed by atoms with Crippen molar-refractivity contribution in [2.24, 2.45) is 10.2 Å². The summed E-state index contributed by atoms with van der Waals surface area (Å²) in [4.78, 5) is 24.8. The number of rotatable bonds is 4. The quantitative estimate of drug-likeness (QED) is 0.138. The van der Waals surface area contributed by atoms with Gasteiger partial charge in [0.05, 0.1) is 12.4 Å². The third-order valence-corrected chi connectivity index (χ3v) is 6.55. The van der Waals surface area contributed by atoms with Crippen LogP contribution in [0.1, 0.15) is 11.1 Å². The van der Waals surface area contributed by atoms with Crippen LogP contribution in [0.5, 0.6) is 0 Å². The number of carbonyl (C=O) groups excluding carboxylic acids is 2. The molecule has 0 aliphatic carbocycles. The number of amides is 2. The Bertz CT molecular complexity index is 1680. The van der Waals surface area contributed by atoms with Crippen LogP contribution < -0.4 is 10.9 Å². The molecule has 6 rings (SSSR count). The fraction of sp³-hybridized carbons (Fsp3) is 0. The number of benzene rings is 6. The lowest BCUT2D eigenvalue weighted by molar-refractivity contribution is -0.139. The van der Waals surface area contributed by atoms with E-state index < -0.39 is 11.8 Å². The standard InChI is InChI=1S/C32H22N4O2/c37-31(35-33-19-29-25-13-5-1-9-21(25)17-22-10-2-6-14-26(22)29)32(38)36-34-20-30-27-15-7-3-11-23(27)18-24-12-4-8-16-28(24)30/h1-20H,(H,35,37)(H,36,38)/b33-19+,34-20+. The Morgan fingerprint density at radius 2 is 0.763 bits per heavy atom. The van der Waals surface area contributed by atoms with Crippen molar-refractivity contribution in [1.82, 2.24) is 10.9 Å². The molecule has 0 unspecified atom stereocenters. The maximum atomic E-state index is 12.4. The van der Waals surface area contributed by atoms with Gasteiger partial charge in [0.2, 0.25) is 0 Å². The zero-order valence-electron chi connectivity index (χ0n) is 20.3. The number of fused-ring (bicyclic) bond motifs is 4. The van der Waals surface area contributed by atoms with Crippen LogP contribution in [-0.4, -0.2) is 24.2 Å². The van der Waals surface area contributed by atoms with Gasteiger partial charge < -0.3 is 0 Å². The van der Waals surface area contributed by atoms with Gasteiger partial charge >= 0.3 is 11.8 Å². The monoisotopic (exact) mass is 494 g/mol. The van der Waals surface area contributed by atoms with Crippen molar-refractivity contribution in [3.05, 3.63) is 120 Å². The minimum absolute atomic E-state index is 0.861. The van der Waals surface area contributed by atoms with Crippen LogP contribution in [0.4, 0.5) is 0 Å². The van der Waals surface area contributed by atoms with Crippen molar-refractivity contribution >= 4 is 67.3 Å². The number of hydrogen-bond acceptors (Lipinski definition) is 4. The minimum atomic E-state index is -0.911. The predicted molar refractivity (Wildman–Crippen MR) is 154 cm³/mol. The summed E-state index contributed by atoms with van der Waals surface area (Å²) in [6.07, 6.45) is 3.14. The summed E-state index contributed by atoms with van der Waals surface area (Å²) >= 11 is 0. The van der Waals surface area contributed by atoms with Gasteiger partial charge in [-0.05, 0) is 55.2 Å². The van der Waals surface area contributed by atoms with E-state index in [4.69, 9.17) is 0 Å². The first-order chi connectivity index (χ1) is 18.7. The lowest BCUT2D eigenvalue weighted by Gasteiger charge is -2.08. The number of hydrazone groups is 2. The van der Waals surface area contributed by atoms with E-state index in [1.165, 1.54) is 0 Å². The number of hydrogen-bond donors (Lipinski definition) is 2. The first kappa shape index (κ1) is 23.1. The zero-order valence-corrected chi connectivity index (χ0v) is 20.3. The van der Waals surface area contributed by atoms with E-state index in [-0.39, 0.29) is 0 Å². The molecule has 6 nitrogen and oxygen atoms in total. The van der Waals surface area contributed by atoms with Crippen LogP contribution >= 0.6 is 0 Å². The van der Waals surface area contributed by atoms with Gasteiger partial charge in [0.1, 0.15) is 0 Å². The fourth-order valence-corrected chi connectivity index (χ4v) is 4.79. The molecule has 0 spiro atoms. The topological polar surface area (TPSA) is 82.9 Å². The minimum Gasteiger partial charge on any atom is -0.262 e. The van der Waals surface area contributed by atoms with Crippen LogP contribution in [0.15, 0.2) is 119 Å². The Morgan fingerprint density at radius 3 is 1.08 bits per heavy atom. The smallest absolute Gasteiger partial charge is 0.262 e. The Kier molecular flexibility index (Phi) is 6.04. The molecular formula is C32H22N4O2. The summed E-state index contributed by atoms with van der Waals surface area (Å²) in [5.41, 5.74) is 6.35. The fourth-order valence-electron chi connectivity index (χ4n) is 4.79. The molecule has 0 radical (unpaired) electrons. The zero-order chi connectivity index (χ0) is 25.9. The molecule has 0 aromatic heterocycles. The Labute approximate surface area is 218 Å². The SMILES string of the molecule is O=C(N/N=C/c1c2ccccc2cc2ccccc12)C(=O)N/N=C/c1c2ccccc2cc2ccccc12. The molecule has 182 valence electrons. The van der Waals surface area contributed by atoms with E-state index in [0.717, 1.165) is 54.2 Å². The molecule has 0 saturated heterocycles. The lowest BCUT2D eigenvalue weighted by atomic mass is 9.97. The van der Waals surface area contributed by atoms with E-state index in [2.05, 4.69) is 33.2 Å². The number of nitrogens with one attached hydrogen (secondary N) is 2. The van der Waals surface area contributed by atoms with Gasteiger partial charge in [0, 0.05) is 11.1 Å². The molecule has 6 aromatic carbocycles. The molecule has 6 aromatic rings. The summed E-state index contributed by atoms with van der Waals surface area (Å²) in [6.45, 7) is 0. The molecule has 0 heterocycles. The van der Waals surface area contributed by atoms with Crippen LogP contribution in [-0.2, 0) is 9.59 Å². The molecule has 0 saturated carbocycles. The molecule has 2 N–H and O–H groups in total. The molecule has 0 atom stereocenters. The molecule has 0 bridgehead atoms. The molecule has 2 amide bonds. The van der Waals surface area contributed by atoms with Gasteiger partial charge in [-0.15, -0.1) is 0 Å². The van der Waals surface area contributed by atoms with Gasteiger partial charge in [-0.1, -0.05) is 97.1 Å². The first-order valence-corrected chi connectivity index (χ1v) is 12.2. The largest absolute Gasteiger partial charge is 0.331 e. The highest BCUT2D eigenvalue weighted by molar-refractivity contribution is 6.35. The van der Waals surface area contributed by atoms with Crippen molar-refractivity contribution in [1.29, 1.82) is 0 Å². The number of carbonyl (C=O) groups is 2. The maximum absolute atomic E-state index is 12.4. The third kappa shape index (κ3) is 4.35. The highest BCUT2D eigenvalue weighted by atomic mass is 16.2. The second-order valence-electron chi connectivity index (χ2n) is 8.86. The van der Waals surface area contributed by atoms with Crippen LogP contribution in [0.3, 0.4) is 0 Å². The molecular weight excluding hydrogens is 472 g/mol. The van der Waals surface area contributed by atoms with Crippen LogP contribution in [0, 0.1) is 0 Å². The van der Waals surface area contributed by atoms with Crippen LogP contribution in [0.25, 0.3) is 43.1 Å². The van der Waals surface area contributed by atoms with Gasteiger partial charge in [-0.2, -0.15) is 10.2 Å². The average molecular weight is 495 g/mol. The molecule has 0 fully saturated rings. The predicted octanol–water partition coefficient (Wildman–Crippen LogP) is 5.90. The van der Waals surface area contributed by atoms with Gasteiger partial charge in [0.25, 0.3) is 0 Å². The van der Waals surface area contributed by atoms with Crippen molar-refractivity contribution in [3.63, 3.8) is 0 Å². The molecule has 6 heteroatoms. The normalized spacial score (nSPS) is 11.7. The first-order valence-electron chi connectivity index (χ1n) is 12.2. The second kappa shape index (κ2) is 9.95. The summed E-state index contributed by atoms with van der Waals surface area (Å²) in [6, 6.07) is 36.1. The summed E-state index contributed by atoms with van der Waals surface area (Å²) in [5, 5.41) is 16.4. The van der Waals surface area contributed by atoms with Crippen molar-refractivity contribution in [2.45, 2.75) is 0 Å². The number of nitrogens with zero attached hydrogens (tertiary/aromatic N) is 2. The van der Waals surface area contributed by atoms with Crippen LogP contribution in [0.2, 0.25) is 0 Å². The van der Waals surface area contributed by atoms with Crippen molar-refractivity contribution < 1.29 is 9.59 Å².